The molecule has 1 aromatic carbocycles. The van der Waals surface area contributed by atoms with E-state index in [0.717, 1.165) is 11.1 Å². The van der Waals surface area contributed by atoms with Gasteiger partial charge in [0.15, 0.2) is 6.61 Å². The fraction of sp³-hybridized carbons (Fsp3) is 0.500. The Kier molecular flexibility index (Phi) is 6.21. The fourth-order valence-corrected chi connectivity index (χ4v) is 1.99. The average molecular weight is 293 g/mol. The van der Waals surface area contributed by atoms with Crippen LogP contribution in [-0.2, 0) is 9.59 Å². The number of ether oxygens (including phenoxy) is 1. The minimum absolute atomic E-state index is 0.0474. The number of benzene rings is 1. The number of rotatable bonds is 7. The highest BCUT2D eigenvalue weighted by Gasteiger charge is 2.19. The topological polar surface area (TPSA) is 75.6 Å². The van der Waals surface area contributed by atoms with Crippen molar-refractivity contribution in [2.45, 2.75) is 40.2 Å². The van der Waals surface area contributed by atoms with E-state index in [1.807, 2.05) is 45.9 Å². The van der Waals surface area contributed by atoms with Gasteiger partial charge in [-0.15, -0.1) is 0 Å². The van der Waals surface area contributed by atoms with Crippen LogP contribution in [0.2, 0.25) is 0 Å². The van der Waals surface area contributed by atoms with Crippen LogP contribution in [0.1, 0.15) is 31.4 Å². The minimum Gasteiger partial charge on any atom is -0.484 e. The number of carbonyl (C=O) groups excluding carboxylic acids is 1. The Morgan fingerprint density at radius 2 is 1.95 bits per heavy atom. The lowest BCUT2D eigenvalue weighted by molar-refractivity contribution is -0.138. The van der Waals surface area contributed by atoms with Gasteiger partial charge in [-0.2, -0.15) is 0 Å². The molecule has 0 bridgehead atoms. The molecule has 1 rings (SSSR count). The van der Waals surface area contributed by atoms with Crippen LogP contribution < -0.4 is 10.1 Å². The number of carboxylic acids is 1. The molecular weight excluding hydrogens is 270 g/mol. The van der Waals surface area contributed by atoms with Crippen molar-refractivity contribution in [2.24, 2.45) is 5.92 Å². The first-order valence-electron chi connectivity index (χ1n) is 7.00. The average Bonchev–Trinajstić information content (AvgIpc) is 2.36. The number of amides is 1. The van der Waals surface area contributed by atoms with E-state index in [9.17, 15) is 9.59 Å². The standard InChI is InChI=1S/C16H23NO4/c1-10(2)13(8-16(19)20)17-15(18)9-21-14-6-5-11(3)7-12(14)4/h5-7,10,13H,8-9H2,1-4H3,(H,17,18)(H,19,20). The van der Waals surface area contributed by atoms with E-state index in [1.165, 1.54) is 0 Å². The van der Waals surface area contributed by atoms with Crippen LogP contribution in [0.15, 0.2) is 18.2 Å². The van der Waals surface area contributed by atoms with Crippen LogP contribution in [0.3, 0.4) is 0 Å². The van der Waals surface area contributed by atoms with Crippen LogP contribution in [-0.4, -0.2) is 29.6 Å². The largest absolute Gasteiger partial charge is 0.484 e. The third-order valence-electron chi connectivity index (χ3n) is 3.23. The molecule has 1 amide bonds. The number of aliphatic carboxylic acids is 1. The number of aryl methyl sites for hydroxylation is 2. The van der Waals surface area contributed by atoms with Gasteiger partial charge in [0.2, 0.25) is 0 Å². The van der Waals surface area contributed by atoms with Gasteiger partial charge >= 0.3 is 5.97 Å². The summed E-state index contributed by atoms with van der Waals surface area (Å²) in [5, 5.41) is 11.5. The van der Waals surface area contributed by atoms with Crippen molar-refractivity contribution in [2.75, 3.05) is 6.61 Å². The highest BCUT2D eigenvalue weighted by Crippen LogP contribution is 2.18. The van der Waals surface area contributed by atoms with Gasteiger partial charge in [0.1, 0.15) is 5.75 Å². The molecule has 0 fully saturated rings. The number of nitrogens with one attached hydrogen (secondary N) is 1. The van der Waals surface area contributed by atoms with Crippen molar-refractivity contribution < 1.29 is 19.4 Å². The van der Waals surface area contributed by atoms with Crippen LogP contribution in [0.4, 0.5) is 0 Å². The molecule has 0 saturated heterocycles. The van der Waals surface area contributed by atoms with Crippen LogP contribution >= 0.6 is 0 Å². The predicted molar refractivity (Wildman–Crippen MR) is 80.4 cm³/mol. The first kappa shape index (κ1) is 17.0. The summed E-state index contributed by atoms with van der Waals surface area (Å²) >= 11 is 0. The molecule has 0 heterocycles. The van der Waals surface area contributed by atoms with Gasteiger partial charge in [0.25, 0.3) is 5.91 Å². The van der Waals surface area contributed by atoms with Crippen molar-refractivity contribution >= 4 is 11.9 Å². The number of hydrogen-bond donors (Lipinski definition) is 2. The zero-order chi connectivity index (χ0) is 16.0. The van der Waals surface area contributed by atoms with Gasteiger partial charge in [0.05, 0.1) is 6.42 Å². The summed E-state index contributed by atoms with van der Waals surface area (Å²) in [4.78, 5) is 22.6. The SMILES string of the molecule is Cc1ccc(OCC(=O)NC(CC(=O)O)C(C)C)c(C)c1. The second kappa shape index (κ2) is 7.67. The zero-order valence-corrected chi connectivity index (χ0v) is 13.0. The molecule has 0 aliphatic heterocycles. The molecule has 1 unspecified atom stereocenters. The normalized spacial score (nSPS) is 12.0. The highest BCUT2D eigenvalue weighted by atomic mass is 16.5. The molecule has 0 aliphatic carbocycles. The van der Waals surface area contributed by atoms with E-state index >= 15 is 0 Å². The van der Waals surface area contributed by atoms with Crippen LogP contribution in [0.5, 0.6) is 5.75 Å². The van der Waals surface area contributed by atoms with Gasteiger partial charge in [0, 0.05) is 6.04 Å². The molecule has 0 spiro atoms. The Morgan fingerprint density at radius 3 is 2.48 bits per heavy atom. The second-order valence-electron chi connectivity index (χ2n) is 5.57. The summed E-state index contributed by atoms with van der Waals surface area (Å²) in [5.41, 5.74) is 2.10. The van der Waals surface area contributed by atoms with Gasteiger partial charge in [-0.3, -0.25) is 9.59 Å². The third kappa shape index (κ3) is 5.85. The predicted octanol–water partition coefficient (Wildman–Crippen LogP) is 2.30. The smallest absolute Gasteiger partial charge is 0.305 e. The maximum atomic E-state index is 11.9. The lowest BCUT2D eigenvalue weighted by Crippen LogP contribution is -2.42. The molecule has 2 N–H and O–H groups in total. The van der Waals surface area contributed by atoms with Crippen molar-refractivity contribution in [3.63, 3.8) is 0 Å². The molecule has 0 radical (unpaired) electrons. The van der Waals surface area contributed by atoms with E-state index in [4.69, 9.17) is 9.84 Å². The highest BCUT2D eigenvalue weighted by molar-refractivity contribution is 5.78. The summed E-state index contributed by atoms with van der Waals surface area (Å²) in [6, 6.07) is 5.34. The zero-order valence-electron chi connectivity index (χ0n) is 13.0. The monoisotopic (exact) mass is 293 g/mol. The second-order valence-corrected chi connectivity index (χ2v) is 5.57. The van der Waals surface area contributed by atoms with Crippen molar-refractivity contribution in [1.29, 1.82) is 0 Å². The first-order valence-corrected chi connectivity index (χ1v) is 7.00. The third-order valence-corrected chi connectivity index (χ3v) is 3.23. The summed E-state index contributed by atoms with van der Waals surface area (Å²) in [5.74, 6) is -0.527. The summed E-state index contributed by atoms with van der Waals surface area (Å²) < 4.78 is 5.48. The van der Waals surface area contributed by atoms with E-state index in [2.05, 4.69) is 5.32 Å². The number of hydrogen-bond acceptors (Lipinski definition) is 3. The quantitative estimate of drug-likeness (QED) is 0.809. The maximum absolute atomic E-state index is 11.9. The summed E-state index contributed by atoms with van der Waals surface area (Å²) in [7, 11) is 0. The molecule has 21 heavy (non-hydrogen) atoms. The molecule has 1 aromatic rings. The van der Waals surface area contributed by atoms with E-state index < -0.39 is 12.0 Å². The molecule has 5 nitrogen and oxygen atoms in total. The van der Waals surface area contributed by atoms with E-state index in [1.54, 1.807) is 0 Å². The van der Waals surface area contributed by atoms with Crippen molar-refractivity contribution in [1.82, 2.24) is 5.32 Å². The lowest BCUT2D eigenvalue weighted by atomic mass is 10.0. The molecular formula is C16H23NO4. The molecule has 0 aromatic heterocycles. The number of carbonyl (C=O) groups is 2. The molecule has 116 valence electrons. The Hall–Kier alpha value is -2.04. The lowest BCUT2D eigenvalue weighted by Gasteiger charge is -2.20. The van der Waals surface area contributed by atoms with Gasteiger partial charge in [-0.05, 0) is 31.4 Å². The Bertz CT molecular complexity index is 511. The molecule has 0 aliphatic rings. The van der Waals surface area contributed by atoms with E-state index in [-0.39, 0.29) is 24.9 Å². The molecule has 1 atom stereocenters. The maximum Gasteiger partial charge on any atom is 0.305 e. The van der Waals surface area contributed by atoms with Crippen LogP contribution in [0, 0.1) is 19.8 Å². The Balaban J connectivity index is 2.54. The number of carboxylic acid groups (broad SMARTS) is 1. The summed E-state index contributed by atoms with van der Waals surface area (Å²) in [6.45, 7) is 7.54. The van der Waals surface area contributed by atoms with Gasteiger partial charge < -0.3 is 15.2 Å². The van der Waals surface area contributed by atoms with Crippen molar-refractivity contribution in [3.05, 3.63) is 29.3 Å². The molecule has 0 saturated carbocycles. The molecule has 5 heteroatoms. The van der Waals surface area contributed by atoms with Gasteiger partial charge in [-0.25, -0.2) is 0 Å². The fourth-order valence-electron chi connectivity index (χ4n) is 1.99. The van der Waals surface area contributed by atoms with Gasteiger partial charge in [-0.1, -0.05) is 31.5 Å². The Labute approximate surface area is 125 Å². The summed E-state index contributed by atoms with van der Waals surface area (Å²) in [6.07, 6.45) is -0.0903. The Morgan fingerprint density at radius 1 is 1.29 bits per heavy atom. The first-order chi connectivity index (χ1) is 9.79. The van der Waals surface area contributed by atoms with Crippen LogP contribution in [0.25, 0.3) is 0 Å². The minimum atomic E-state index is -0.927. The van der Waals surface area contributed by atoms with E-state index in [0.29, 0.717) is 5.75 Å². The van der Waals surface area contributed by atoms with Crippen molar-refractivity contribution in [3.8, 4) is 5.75 Å².